The van der Waals surface area contributed by atoms with Gasteiger partial charge in [-0.3, -0.25) is 18.6 Å². The first-order valence-electron chi connectivity index (χ1n) is 21.9. The van der Waals surface area contributed by atoms with E-state index in [1.165, 1.54) is 57.8 Å². The predicted molar refractivity (Wildman–Crippen MR) is 233 cm³/mol. The number of amides is 1. The lowest BCUT2D eigenvalue weighted by Gasteiger charge is -2.15. The van der Waals surface area contributed by atoms with Crippen molar-refractivity contribution in [2.75, 3.05) is 26.4 Å². The number of nitrogens with one attached hydrogen (secondary N) is 1. The van der Waals surface area contributed by atoms with E-state index in [9.17, 15) is 24.2 Å². The SMILES string of the molecule is CC/C=C\C/C=C\C/C=C\C/C=C\C/C=C\C/C=C\CCCCCCC(=O)OCC(O)COP(=O)(O)OCCNC(=O)CCCCCCCCCCCCCC. The van der Waals surface area contributed by atoms with Crippen molar-refractivity contribution in [3.8, 4) is 0 Å². The van der Waals surface area contributed by atoms with Gasteiger partial charge >= 0.3 is 13.8 Å². The number of allylic oxidation sites excluding steroid dienone is 12. The molecule has 0 saturated heterocycles. The van der Waals surface area contributed by atoms with Crippen LogP contribution in [0.25, 0.3) is 0 Å². The van der Waals surface area contributed by atoms with Gasteiger partial charge in [0.15, 0.2) is 0 Å². The van der Waals surface area contributed by atoms with Gasteiger partial charge in [-0.15, -0.1) is 0 Å². The van der Waals surface area contributed by atoms with Crippen molar-refractivity contribution in [1.82, 2.24) is 5.32 Å². The Morgan fingerprint density at radius 2 is 1.02 bits per heavy atom. The highest BCUT2D eigenvalue weighted by atomic mass is 31.2. The summed E-state index contributed by atoms with van der Waals surface area (Å²) in [6.07, 6.45) is 51.2. The zero-order chi connectivity index (χ0) is 41.1. The third kappa shape index (κ3) is 42.6. The highest BCUT2D eigenvalue weighted by molar-refractivity contribution is 7.47. The maximum absolute atomic E-state index is 12.1. The van der Waals surface area contributed by atoms with Crippen LogP contribution in [0.15, 0.2) is 72.9 Å². The molecule has 56 heavy (non-hydrogen) atoms. The topological polar surface area (TPSA) is 131 Å². The van der Waals surface area contributed by atoms with Gasteiger partial charge in [-0.25, -0.2) is 4.57 Å². The summed E-state index contributed by atoms with van der Waals surface area (Å²) in [5.41, 5.74) is 0. The molecule has 0 aliphatic rings. The minimum Gasteiger partial charge on any atom is -0.463 e. The molecule has 0 heterocycles. The van der Waals surface area contributed by atoms with Gasteiger partial charge in [-0.05, 0) is 64.2 Å². The summed E-state index contributed by atoms with van der Waals surface area (Å²) in [4.78, 5) is 33.9. The monoisotopic (exact) mass is 806 g/mol. The van der Waals surface area contributed by atoms with Crippen LogP contribution in [0.1, 0.15) is 174 Å². The number of carbonyl (C=O) groups excluding carboxylic acids is 2. The molecule has 0 radical (unpaired) electrons. The number of ether oxygens (including phenoxy) is 1. The zero-order valence-electron chi connectivity index (χ0n) is 35.3. The Morgan fingerprint density at radius 1 is 0.571 bits per heavy atom. The van der Waals surface area contributed by atoms with Crippen LogP contribution in [0, 0.1) is 0 Å². The van der Waals surface area contributed by atoms with E-state index in [1.807, 2.05) is 0 Å². The molecule has 2 atom stereocenters. The number of aliphatic hydroxyl groups excluding tert-OH is 1. The molecule has 0 aromatic carbocycles. The Labute approximate surface area is 341 Å². The van der Waals surface area contributed by atoms with Crippen LogP contribution in [-0.2, 0) is 27.9 Å². The first kappa shape index (κ1) is 53.5. The van der Waals surface area contributed by atoms with Crippen LogP contribution in [0.4, 0.5) is 0 Å². The lowest BCUT2D eigenvalue weighted by Crippen LogP contribution is -2.27. The standard InChI is InChI=1S/C46H80NO8P/c1-3-5-7-9-11-13-15-17-18-19-20-21-22-23-24-25-26-27-29-31-33-35-37-39-46(50)53-42-44(48)43-55-56(51,52)54-41-40-47-45(49)38-36-34-32-30-28-16-14-12-10-8-6-4-2/h5,7,11,13,17-18,20-21,23-24,26-27,44,48H,3-4,6,8-10,12,14-16,19,22,25,28-43H2,1-2H3,(H,47,49)(H,51,52)/b7-5-,13-11-,18-17-,21-20-,24-23-,27-26-. The van der Waals surface area contributed by atoms with Gasteiger partial charge in [-0.1, -0.05) is 170 Å². The van der Waals surface area contributed by atoms with Gasteiger partial charge in [-0.2, -0.15) is 0 Å². The van der Waals surface area contributed by atoms with Crippen molar-refractivity contribution in [3.05, 3.63) is 72.9 Å². The van der Waals surface area contributed by atoms with Crippen molar-refractivity contribution in [2.24, 2.45) is 0 Å². The van der Waals surface area contributed by atoms with Crippen molar-refractivity contribution in [2.45, 2.75) is 180 Å². The van der Waals surface area contributed by atoms with Crippen molar-refractivity contribution in [3.63, 3.8) is 0 Å². The summed E-state index contributed by atoms with van der Waals surface area (Å²) in [6.45, 7) is 3.40. The van der Waals surface area contributed by atoms with Crippen molar-refractivity contribution in [1.29, 1.82) is 0 Å². The Kier molecular flexibility index (Phi) is 40.2. The van der Waals surface area contributed by atoms with Crippen molar-refractivity contribution < 1.29 is 37.9 Å². The van der Waals surface area contributed by atoms with E-state index >= 15 is 0 Å². The molecule has 0 aromatic heterocycles. The molecule has 0 aromatic rings. The Morgan fingerprint density at radius 3 is 1.54 bits per heavy atom. The minimum absolute atomic E-state index is 0.0771. The normalized spacial score (nSPS) is 14.0. The van der Waals surface area contributed by atoms with E-state index < -0.39 is 26.5 Å². The second-order valence-corrected chi connectivity index (χ2v) is 15.7. The molecule has 0 bridgehead atoms. The molecule has 0 rings (SSSR count). The van der Waals surface area contributed by atoms with Crippen LogP contribution >= 0.6 is 7.82 Å². The number of carbonyl (C=O) groups is 2. The zero-order valence-corrected chi connectivity index (χ0v) is 36.2. The number of esters is 1. The van der Waals surface area contributed by atoms with E-state index in [0.717, 1.165) is 83.5 Å². The molecular weight excluding hydrogens is 725 g/mol. The number of hydrogen-bond donors (Lipinski definition) is 3. The molecule has 1 amide bonds. The molecular formula is C46H80NO8P. The number of phosphoric acid groups is 1. The van der Waals surface area contributed by atoms with E-state index in [1.54, 1.807) is 0 Å². The molecule has 0 fully saturated rings. The summed E-state index contributed by atoms with van der Waals surface area (Å²) in [5.74, 6) is -0.545. The van der Waals surface area contributed by atoms with E-state index in [4.69, 9.17) is 13.8 Å². The average Bonchev–Trinajstić information content (AvgIpc) is 3.18. The Bertz CT molecular complexity index is 1150. The van der Waals surface area contributed by atoms with Gasteiger partial charge < -0.3 is 20.1 Å². The molecule has 0 spiro atoms. The molecule has 322 valence electrons. The van der Waals surface area contributed by atoms with Crippen LogP contribution < -0.4 is 5.32 Å². The third-order valence-corrected chi connectivity index (χ3v) is 9.89. The maximum atomic E-state index is 12.1. The highest BCUT2D eigenvalue weighted by Crippen LogP contribution is 2.42. The molecule has 10 heteroatoms. The van der Waals surface area contributed by atoms with Gasteiger partial charge in [0.2, 0.25) is 5.91 Å². The Balaban J connectivity index is 3.68. The lowest BCUT2D eigenvalue weighted by atomic mass is 10.0. The van der Waals surface area contributed by atoms with Crippen molar-refractivity contribution >= 4 is 19.7 Å². The van der Waals surface area contributed by atoms with Crippen LogP contribution in [0.2, 0.25) is 0 Å². The maximum Gasteiger partial charge on any atom is 0.472 e. The van der Waals surface area contributed by atoms with Gasteiger partial charge in [0.05, 0.1) is 13.2 Å². The van der Waals surface area contributed by atoms with Crippen LogP contribution in [-0.4, -0.2) is 54.3 Å². The summed E-state index contributed by atoms with van der Waals surface area (Å²) >= 11 is 0. The predicted octanol–water partition coefficient (Wildman–Crippen LogP) is 12.3. The number of rotatable bonds is 40. The first-order valence-corrected chi connectivity index (χ1v) is 23.4. The van der Waals surface area contributed by atoms with E-state index in [0.29, 0.717) is 12.8 Å². The molecule has 0 saturated carbocycles. The summed E-state index contributed by atoms with van der Waals surface area (Å²) in [5, 5.41) is 12.7. The van der Waals surface area contributed by atoms with Gasteiger partial charge in [0.1, 0.15) is 12.7 Å². The number of unbranched alkanes of at least 4 members (excludes halogenated alkanes) is 15. The van der Waals surface area contributed by atoms with Gasteiger partial charge in [0.25, 0.3) is 0 Å². The average molecular weight is 806 g/mol. The van der Waals surface area contributed by atoms with E-state index in [-0.39, 0.29) is 32.1 Å². The largest absolute Gasteiger partial charge is 0.472 e. The minimum atomic E-state index is -4.42. The van der Waals surface area contributed by atoms with Gasteiger partial charge in [0, 0.05) is 19.4 Å². The fraction of sp³-hybridized carbons (Fsp3) is 0.696. The quantitative estimate of drug-likeness (QED) is 0.0241. The smallest absolute Gasteiger partial charge is 0.463 e. The van der Waals surface area contributed by atoms with Crippen LogP contribution in [0.3, 0.4) is 0 Å². The summed E-state index contributed by atoms with van der Waals surface area (Å²) in [7, 11) is -4.42. The van der Waals surface area contributed by atoms with Crippen LogP contribution in [0.5, 0.6) is 0 Å². The summed E-state index contributed by atoms with van der Waals surface area (Å²) < 4.78 is 26.8. The molecule has 3 N–H and O–H groups in total. The number of phosphoric ester groups is 1. The molecule has 2 unspecified atom stereocenters. The Hall–Kier alpha value is -2.55. The number of aliphatic hydroxyl groups is 1. The second kappa shape index (κ2) is 42.1. The molecule has 9 nitrogen and oxygen atoms in total. The summed E-state index contributed by atoms with van der Waals surface area (Å²) in [6, 6.07) is 0. The third-order valence-electron chi connectivity index (χ3n) is 8.90. The highest BCUT2D eigenvalue weighted by Gasteiger charge is 2.23. The number of hydrogen-bond acceptors (Lipinski definition) is 7. The molecule has 0 aliphatic heterocycles. The fourth-order valence-corrected chi connectivity index (χ4v) is 6.37. The van der Waals surface area contributed by atoms with E-state index in [2.05, 4.69) is 92.1 Å². The second-order valence-electron chi connectivity index (χ2n) is 14.3. The molecule has 0 aliphatic carbocycles. The first-order chi connectivity index (χ1) is 27.3. The lowest BCUT2D eigenvalue weighted by molar-refractivity contribution is -0.147. The fourth-order valence-electron chi connectivity index (χ4n) is 5.62.